The van der Waals surface area contributed by atoms with Crippen LogP contribution in [-0.2, 0) is 22.5 Å². The normalized spacial score (nSPS) is 20.4. The molecular formula is C23H30N2O2. The molecule has 1 amide bonds. The largest absolute Gasteiger partial charge is 0.367 e. The summed E-state index contributed by atoms with van der Waals surface area (Å²) in [6.07, 6.45) is 4.75. The molecule has 2 aromatic rings. The smallest absolute Gasteiger partial charge is 0.227 e. The Hall–Kier alpha value is -2.20. The maximum absolute atomic E-state index is 13.4. The van der Waals surface area contributed by atoms with Gasteiger partial charge >= 0.3 is 0 Å². The Morgan fingerprint density at radius 1 is 1.19 bits per heavy atom. The molecule has 4 heteroatoms. The van der Waals surface area contributed by atoms with E-state index in [0.717, 1.165) is 23.1 Å². The fourth-order valence-corrected chi connectivity index (χ4v) is 4.12. The van der Waals surface area contributed by atoms with Crippen molar-refractivity contribution in [1.29, 1.82) is 0 Å². The van der Waals surface area contributed by atoms with E-state index >= 15 is 0 Å². The number of hydrogen-bond acceptors (Lipinski definition) is 3. The lowest BCUT2D eigenvalue weighted by molar-refractivity contribution is -0.138. The summed E-state index contributed by atoms with van der Waals surface area (Å²) in [6.45, 7) is 11.0. The van der Waals surface area contributed by atoms with Gasteiger partial charge in [0, 0.05) is 18.9 Å². The van der Waals surface area contributed by atoms with E-state index in [1.165, 1.54) is 0 Å². The number of hydrogen-bond donors (Lipinski definition) is 0. The number of amides is 1. The van der Waals surface area contributed by atoms with Crippen LogP contribution in [0.4, 0.5) is 0 Å². The molecule has 0 N–H and O–H groups in total. The zero-order valence-electron chi connectivity index (χ0n) is 17.0. The summed E-state index contributed by atoms with van der Waals surface area (Å²) in [5, 5.41) is 0. The van der Waals surface area contributed by atoms with E-state index in [-0.39, 0.29) is 17.6 Å². The van der Waals surface area contributed by atoms with Gasteiger partial charge in [-0.05, 0) is 63.8 Å². The summed E-state index contributed by atoms with van der Waals surface area (Å²) in [7, 11) is 0. The molecule has 1 fully saturated rings. The van der Waals surface area contributed by atoms with E-state index in [4.69, 9.17) is 4.74 Å². The number of aromatic nitrogens is 1. The van der Waals surface area contributed by atoms with Crippen LogP contribution in [0.15, 0.2) is 48.8 Å². The molecule has 0 radical (unpaired) electrons. The first-order chi connectivity index (χ1) is 12.7. The van der Waals surface area contributed by atoms with Crippen LogP contribution in [0.5, 0.6) is 0 Å². The van der Waals surface area contributed by atoms with Gasteiger partial charge in [0.25, 0.3) is 0 Å². The first-order valence-corrected chi connectivity index (χ1v) is 9.61. The van der Waals surface area contributed by atoms with Crippen molar-refractivity contribution in [1.82, 2.24) is 9.88 Å². The SMILES string of the molecule is Cc1ccncc1CC(=O)N(Cc1ccccc1)C1CC(C)(C)OC1(C)C. The zero-order chi connectivity index (χ0) is 19.7. The molecule has 1 aliphatic heterocycles. The number of carbonyl (C=O) groups excluding carboxylic acids is 1. The third kappa shape index (κ3) is 4.56. The van der Waals surface area contributed by atoms with E-state index in [2.05, 4.69) is 44.8 Å². The van der Waals surface area contributed by atoms with Crippen molar-refractivity contribution in [2.75, 3.05) is 0 Å². The van der Waals surface area contributed by atoms with Gasteiger partial charge in [-0.1, -0.05) is 30.3 Å². The summed E-state index contributed by atoms with van der Waals surface area (Å²) >= 11 is 0. The van der Waals surface area contributed by atoms with Crippen LogP contribution in [0.2, 0.25) is 0 Å². The van der Waals surface area contributed by atoms with Crippen molar-refractivity contribution in [2.24, 2.45) is 0 Å². The highest BCUT2D eigenvalue weighted by Gasteiger charge is 2.49. The Morgan fingerprint density at radius 2 is 1.89 bits per heavy atom. The van der Waals surface area contributed by atoms with Gasteiger partial charge in [0.05, 0.1) is 23.7 Å². The van der Waals surface area contributed by atoms with Gasteiger partial charge in [-0.3, -0.25) is 9.78 Å². The molecular weight excluding hydrogens is 336 g/mol. The van der Waals surface area contributed by atoms with Gasteiger partial charge < -0.3 is 9.64 Å². The molecule has 144 valence electrons. The zero-order valence-corrected chi connectivity index (χ0v) is 17.0. The monoisotopic (exact) mass is 366 g/mol. The molecule has 0 spiro atoms. The van der Waals surface area contributed by atoms with E-state index in [1.807, 2.05) is 36.1 Å². The highest BCUT2D eigenvalue weighted by Crippen LogP contribution is 2.40. The van der Waals surface area contributed by atoms with Crippen LogP contribution in [0.25, 0.3) is 0 Å². The molecule has 1 aromatic carbocycles. The molecule has 1 unspecified atom stereocenters. The predicted octanol–water partition coefficient (Wildman–Crippen LogP) is 4.31. The number of nitrogens with zero attached hydrogens (tertiary/aromatic N) is 2. The Balaban J connectivity index is 1.90. The van der Waals surface area contributed by atoms with Crippen LogP contribution < -0.4 is 0 Å². The van der Waals surface area contributed by atoms with E-state index in [9.17, 15) is 4.79 Å². The van der Waals surface area contributed by atoms with Crippen molar-refractivity contribution in [3.63, 3.8) is 0 Å². The third-order valence-corrected chi connectivity index (χ3v) is 5.41. The highest BCUT2D eigenvalue weighted by molar-refractivity contribution is 5.79. The third-order valence-electron chi connectivity index (χ3n) is 5.41. The number of ether oxygens (including phenoxy) is 1. The average Bonchev–Trinajstić information content (AvgIpc) is 2.82. The number of aryl methyl sites for hydroxylation is 1. The predicted molar refractivity (Wildman–Crippen MR) is 107 cm³/mol. The van der Waals surface area contributed by atoms with Crippen LogP contribution in [0, 0.1) is 6.92 Å². The fraction of sp³-hybridized carbons (Fsp3) is 0.478. The van der Waals surface area contributed by atoms with E-state index in [0.29, 0.717) is 13.0 Å². The average molecular weight is 367 g/mol. The first kappa shape index (κ1) is 19.6. The van der Waals surface area contributed by atoms with Gasteiger partial charge in [-0.25, -0.2) is 0 Å². The molecule has 1 saturated heterocycles. The van der Waals surface area contributed by atoms with Crippen LogP contribution in [0.1, 0.15) is 50.8 Å². The number of benzene rings is 1. The molecule has 1 atom stereocenters. The highest BCUT2D eigenvalue weighted by atomic mass is 16.5. The molecule has 27 heavy (non-hydrogen) atoms. The lowest BCUT2D eigenvalue weighted by Gasteiger charge is -2.36. The topological polar surface area (TPSA) is 42.4 Å². The Bertz CT molecular complexity index is 799. The second-order valence-corrected chi connectivity index (χ2v) is 8.67. The van der Waals surface area contributed by atoms with Crippen molar-refractivity contribution < 1.29 is 9.53 Å². The molecule has 0 aliphatic carbocycles. The summed E-state index contributed by atoms with van der Waals surface area (Å²) in [6, 6.07) is 12.2. The minimum atomic E-state index is -0.391. The Morgan fingerprint density at radius 3 is 2.48 bits per heavy atom. The summed E-state index contributed by atoms with van der Waals surface area (Å²) in [5.74, 6) is 0.120. The number of carbonyl (C=O) groups is 1. The standard InChI is InChI=1S/C23H30N2O2/c1-17-11-12-24-15-19(17)13-21(26)25(16-18-9-7-6-8-10-18)20-14-22(2,3)27-23(20,4)5/h6-12,15,20H,13-14,16H2,1-5H3. The summed E-state index contributed by atoms with van der Waals surface area (Å²) in [4.78, 5) is 19.6. The molecule has 0 bridgehead atoms. The Labute approximate surface area is 162 Å². The maximum atomic E-state index is 13.4. The summed E-state index contributed by atoms with van der Waals surface area (Å²) < 4.78 is 6.29. The van der Waals surface area contributed by atoms with Crippen LogP contribution in [-0.4, -0.2) is 33.0 Å². The lowest BCUT2D eigenvalue weighted by Crippen LogP contribution is -2.49. The first-order valence-electron chi connectivity index (χ1n) is 9.61. The number of pyridine rings is 1. The van der Waals surface area contributed by atoms with Crippen molar-refractivity contribution in [2.45, 2.75) is 71.2 Å². The van der Waals surface area contributed by atoms with Crippen molar-refractivity contribution >= 4 is 5.91 Å². The molecule has 4 nitrogen and oxygen atoms in total. The van der Waals surface area contributed by atoms with E-state index < -0.39 is 5.60 Å². The molecule has 2 heterocycles. The Kier molecular flexibility index (Phi) is 5.38. The molecule has 3 rings (SSSR count). The quantitative estimate of drug-likeness (QED) is 0.792. The van der Waals surface area contributed by atoms with Crippen molar-refractivity contribution in [3.05, 3.63) is 65.5 Å². The molecule has 1 aliphatic rings. The minimum absolute atomic E-state index is 0.0252. The second-order valence-electron chi connectivity index (χ2n) is 8.67. The second kappa shape index (κ2) is 7.43. The van der Waals surface area contributed by atoms with Gasteiger partial charge in [-0.2, -0.15) is 0 Å². The van der Waals surface area contributed by atoms with E-state index in [1.54, 1.807) is 12.4 Å². The van der Waals surface area contributed by atoms with Crippen LogP contribution >= 0.6 is 0 Å². The maximum Gasteiger partial charge on any atom is 0.227 e. The van der Waals surface area contributed by atoms with Crippen LogP contribution in [0.3, 0.4) is 0 Å². The van der Waals surface area contributed by atoms with Gasteiger partial charge in [0.2, 0.25) is 5.91 Å². The van der Waals surface area contributed by atoms with Gasteiger partial charge in [0.15, 0.2) is 0 Å². The van der Waals surface area contributed by atoms with Crippen molar-refractivity contribution in [3.8, 4) is 0 Å². The number of rotatable bonds is 5. The molecule has 0 saturated carbocycles. The lowest BCUT2D eigenvalue weighted by atomic mass is 9.92. The molecule has 1 aromatic heterocycles. The summed E-state index contributed by atoms with van der Waals surface area (Å²) in [5.41, 5.74) is 2.58. The fourth-order valence-electron chi connectivity index (χ4n) is 4.12. The van der Waals surface area contributed by atoms with Gasteiger partial charge in [-0.15, -0.1) is 0 Å². The minimum Gasteiger partial charge on any atom is -0.367 e. The van der Waals surface area contributed by atoms with Gasteiger partial charge in [0.1, 0.15) is 0 Å².